The van der Waals surface area contributed by atoms with Gasteiger partial charge in [0.15, 0.2) is 0 Å². The molecule has 146 valence electrons. The summed E-state index contributed by atoms with van der Waals surface area (Å²) in [7, 11) is 0. The first-order valence-corrected chi connectivity index (χ1v) is 9.55. The number of aromatic amines is 1. The largest absolute Gasteiger partial charge is 0.487 e. The molecule has 6 heteroatoms. The molecular weight excluding hydrogens is 342 g/mol. The van der Waals surface area contributed by atoms with Crippen molar-refractivity contribution in [3.63, 3.8) is 0 Å². The van der Waals surface area contributed by atoms with Crippen LogP contribution in [0.1, 0.15) is 33.3 Å². The van der Waals surface area contributed by atoms with E-state index in [-0.39, 0.29) is 6.10 Å². The standard InChI is InChI=1S/C21H29N3O3/c1-20(2)10-15(21(3,4)24(20)26)11-22-12-17(25)19-9-14-7-16-13(5-6-23-16)8-18(14)27-19/h5-8,10,17,19,22-23,25-26H,9,11-12H2,1-4H3. The van der Waals surface area contributed by atoms with Crippen LogP contribution < -0.4 is 10.1 Å². The summed E-state index contributed by atoms with van der Waals surface area (Å²) in [4.78, 5) is 3.22. The number of aliphatic hydroxyl groups excluding tert-OH is 1. The summed E-state index contributed by atoms with van der Waals surface area (Å²) in [5, 5.41) is 26.8. The van der Waals surface area contributed by atoms with Gasteiger partial charge in [0.05, 0.1) is 11.1 Å². The summed E-state index contributed by atoms with van der Waals surface area (Å²) in [6.45, 7) is 9.04. The number of H-pyrrole nitrogens is 1. The minimum Gasteiger partial charge on any atom is -0.487 e. The molecule has 0 amide bonds. The molecule has 0 saturated heterocycles. The van der Waals surface area contributed by atoms with Gasteiger partial charge in [-0.25, -0.2) is 0 Å². The predicted octanol–water partition coefficient (Wildman–Crippen LogP) is 2.61. The molecule has 2 aliphatic rings. The molecule has 2 aliphatic heterocycles. The average Bonchev–Trinajstić information content (AvgIpc) is 3.26. The van der Waals surface area contributed by atoms with E-state index in [4.69, 9.17) is 4.74 Å². The summed E-state index contributed by atoms with van der Waals surface area (Å²) in [6.07, 6.45) is 3.88. The first-order valence-electron chi connectivity index (χ1n) is 9.55. The first-order chi connectivity index (χ1) is 12.7. The van der Waals surface area contributed by atoms with Crippen molar-refractivity contribution in [2.45, 2.75) is 57.4 Å². The molecule has 0 bridgehead atoms. The summed E-state index contributed by atoms with van der Waals surface area (Å²) in [5.74, 6) is 0.864. The summed E-state index contributed by atoms with van der Waals surface area (Å²) in [6, 6.07) is 6.16. The Morgan fingerprint density at radius 3 is 2.81 bits per heavy atom. The lowest BCUT2D eigenvalue weighted by atomic mass is 9.96. The summed E-state index contributed by atoms with van der Waals surface area (Å²) < 4.78 is 5.99. The van der Waals surface area contributed by atoms with Crippen molar-refractivity contribution in [3.8, 4) is 5.75 Å². The van der Waals surface area contributed by atoms with Crippen molar-refractivity contribution >= 4 is 10.9 Å². The quantitative estimate of drug-likeness (QED) is 0.608. The number of nitrogens with one attached hydrogen (secondary N) is 2. The van der Waals surface area contributed by atoms with E-state index < -0.39 is 17.2 Å². The van der Waals surface area contributed by atoms with Gasteiger partial charge in [0.1, 0.15) is 18.0 Å². The van der Waals surface area contributed by atoms with Crippen LogP contribution >= 0.6 is 0 Å². The molecule has 0 radical (unpaired) electrons. The van der Waals surface area contributed by atoms with Crippen LogP contribution in [0.4, 0.5) is 0 Å². The van der Waals surface area contributed by atoms with Gasteiger partial charge in [-0.1, -0.05) is 6.08 Å². The smallest absolute Gasteiger partial charge is 0.130 e. The summed E-state index contributed by atoms with van der Waals surface area (Å²) >= 11 is 0. The Labute approximate surface area is 159 Å². The second kappa shape index (κ2) is 6.34. The molecule has 3 heterocycles. The van der Waals surface area contributed by atoms with E-state index in [1.807, 2.05) is 46.0 Å². The molecular formula is C21H29N3O3. The van der Waals surface area contributed by atoms with E-state index in [9.17, 15) is 10.3 Å². The fourth-order valence-electron chi connectivity index (χ4n) is 4.30. The highest BCUT2D eigenvalue weighted by molar-refractivity contribution is 5.82. The molecule has 2 atom stereocenters. The Bertz CT molecular complexity index is 844. The van der Waals surface area contributed by atoms with Crippen LogP contribution in [0.3, 0.4) is 0 Å². The molecule has 0 fully saturated rings. The van der Waals surface area contributed by atoms with Crippen molar-refractivity contribution in [1.29, 1.82) is 0 Å². The van der Waals surface area contributed by atoms with Crippen molar-refractivity contribution in [2.75, 3.05) is 13.1 Å². The Balaban J connectivity index is 1.34. The minimum absolute atomic E-state index is 0.240. The van der Waals surface area contributed by atoms with E-state index in [0.29, 0.717) is 19.5 Å². The minimum atomic E-state index is -0.598. The fourth-order valence-corrected chi connectivity index (χ4v) is 4.30. The van der Waals surface area contributed by atoms with E-state index in [0.717, 1.165) is 27.8 Å². The number of ether oxygens (including phenoxy) is 1. The number of hydrogen-bond donors (Lipinski definition) is 4. The van der Waals surface area contributed by atoms with Gasteiger partial charge in [-0.3, -0.25) is 0 Å². The van der Waals surface area contributed by atoms with Crippen molar-refractivity contribution in [3.05, 3.63) is 41.6 Å². The van der Waals surface area contributed by atoms with E-state index in [1.165, 1.54) is 5.06 Å². The predicted molar refractivity (Wildman–Crippen MR) is 105 cm³/mol. The van der Waals surface area contributed by atoms with Gasteiger partial charge in [-0.2, -0.15) is 5.06 Å². The van der Waals surface area contributed by atoms with Crippen LogP contribution in [0.25, 0.3) is 10.9 Å². The Kier molecular flexibility index (Phi) is 4.35. The van der Waals surface area contributed by atoms with Crippen molar-refractivity contribution in [1.82, 2.24) is 15.4 Å². The van der Waals surface area contributed by atoms with Crippen LogP contribution in [-0.2, 0) is 6.42 Å². The highest BCUT2D eigenvalue weighted by Gasteiger charge is 2.44. The second-order valence-corrected chi connectivity index (χ2v) is 8.78. The molecule has 1 aromatic heterocycles. The third-order valence-corrected chi connectivity index (χ3v) is 5.92. The highest BCUT2D eigenvalue weighted by Crippen LogP contribution is 2.38. The lowest BCUT2D eigenvalue weighted by Crippen LogP contribution is -2.49. The normalized spacial score (nSPS) is 24.7. The molecule has 0 saturated carbocycles. The number of nitrogens with zero attached hydrogens (tertiary/aromatic N) is 1. The van der Waals surface area contributed by atoms with Gasteiger partial charge < -0.3 is 25.4 Å². The van der Waals surface area contributed by atoms with Crippen LogP contribution in [0.15, 0.2) is 36.0 Å². The van der Waals surface area contributed by atoms with E-state index >= 15 is 0 Å². The van der Waals surface area contributed by atoms with Gasteiger partial charge in [0.25, 0.3) is 0 Å². The average molecular weight is 371 g/mol. The zero-order valence-corrected chi connectivity index (χ0v) is 16.4. The first kappa shape index (κ1) is 18.5. The van der Waals surface area contributed by atoms with Gasteiger partial charge >= 0.3 is 0 Å². The lowest BCUT2D eigenvalue weighted by Gasteiger charge is -2.36. The Hall–Kier alpha value is -1.86. The van der Waals surface area contributed by atoms with Gasteiger partial charge in [0, 0.05) is 42.2 Å². The maximum absolute atomic E-state index is 10.6. The van der Waals surface area contributed by atoms with Crippen LogP contribution in [0.5, 0.6) is 5.75 Å². The third-order valence-electron chi connectivity index (χ3n) is 5.92. The maximum atomic E-state index is 10.6. The zero-order chi connectivity index (χ0) is 19.4. The molecule has 27 heavy (non-hydrogen) atoms. The topological polar surface area (TPSA) is 80.8 Å². The highest BCUT2D eigenvalue weighted by atomic mass is 16.5. The number of hydrogen-bond acceptors (Lipinski definition) is 5. The van der Waals surface area contributed by atoms with Crippen LogP contribution in [0.2, 0.25) is 0 Å². The number of benzene rings is 1. The molecule has 2 unspecified atom stereocenters. The van der Waals surface area contributed by atoms with Gasteiger partial charge in [0.2, 0.25) is 0 Å². The zero-order valence-electron chi connectivity index (χ0n) is 16.4. The van der Waals surface area contributed by atoms with E-state index in [1.54, 1.807) is 0 Å². The number of fused-ring (bicyclic) bond motifs is 2. The van der Waals surface area contributed by atoms with Crippen LogP contribution in [0, 0.1) is 0 Å². The van der Waals surface area contributed by atoms with Crippen LogP contribution in [-0.4, -0.2) is 56.7 Å². The van der Waals surface area contributed by atoms with Gasteiger partial charge in [-0.15, -0.1) is 0 Å². The Morgan fingerprint density at radius 2 is 2.11 bits per heavy atom. The summed E-state index contributed by atoms with van der Waals surface area (Å²) in [5.41, 5.74) is 2.52. The Morgan fingerprint density at radius 1 is 1.33 bits per heavy atom. The van der Waals surface area contributed by atoms with Crippen molar-refractivity contribution in [2.24, 2.45) is 0 Å². The molecule has 1 aromatic carbocycles. The third kappa shape index (κ3) is 3.17. The molecule has 2 aromatic rings. The van der Waals surface area contributed by atoms with Crippen molar-refractivity contribution < 1.29 is 15.1 Å². The SMILES string of the molecule is CC1(C)C=C(CNCC(O)C2Cc3cc4[nH]ccc4cc3O2)C(C)(C)N1O. The molecule has 4 N–H and O–H groups in total. The molecule has 4 rings (SSSR count). The number of rotatable bonds is 5. The fraction of sp³-hybridized carbons (Fsp3) is 0.524. The van der Waals surface area contributed by atoms with Gasteiger partial charge in [-0.05, 0) is 51.5 Å². The lowest BCUT2D eigenvalue weighted by molar-refractivity contribution is -0.185. The molecule has 6 nitrogen and oxygen atoms in total. The number of hydroxylamine groups is 2. The maximum Gasteiger partial charge on any atom is 0.130 e. The number of aromatic nitrogens is 1. The molecule has 0 aliphatic carbocycles. The second-order valence-electron chi connectivity index (χ2n) is 8.78. The monoisotopic (exact) mass is 371 g/mol. The van der Waals surface area contributed by atoms with E-state index in [2.05, 4.69) is 22.4 Å². The molecule has 0 spiro atoms. The number of aliphatic hydroxyl groups is 1.